The molecule has 6 heteroatoms. The molecule has 0 N–H and O–H groups in total. The Morgan fingerprint density at radius 2 is 2.04 bits per heavy atom. The van der Waals surface area contributed by atoms with Crippen LogP contribution in [0.4, 0.5) is 0 Å². The van der Waals surface area contributed by atoms with Gasteiger partial charge in [0.25, 0.3) is 0 Å². The van der Waals surface area contributed by atoms with E-state index in [2.05, 4.69) is 18.7 Å². The zero-order valence-corrected chi connectivity index (χ0v) is 18.5. The third-order valence-electron chi connectivity index (χ3n) is 6.54. The van der Waals surface area contributed by atoms with Gasteiger partial charge in [-0.1, -0.05) is 18.7 Å². The Bertz CT molecular complexity index is 905. The largest absolute Gasteiger partial charge is 0.339 e. The highest BCUT2D eigenvalue weighted by Gasteiger charge is 2.31. The number of nitrogens with zero attached hydrogens (tertiary/aromatic N) is 3. The Kier molecular flexibility index (Phi) is 5.12. The van der Waals surface area contributed by atoms with Crippen molar-refractivity contribution >= 4 is 39.2 Å². The Balaban J connectivity index is 1.44. The maximum atomic E-state index is 12.9. The van der Waals surface area contributed by atoms with Crippen LogP contribution in [0.15, 0.2) is 5.03 Å². The van der Waals surface area contributed by atoms with E-state index in [0.717, 1.165) is 47.4 Å². The fourth-order valence-electron chi connectivity index (χ4n) is 4.63. The number of hydrogen-bond acceptors (Lipinski definition) is 5. The van der Waals surface area contributed by atoms with E-state index in [1.807, 2.05) is 11.3 Å². The van der Waals surface area contributed by atoms with Crippen molar-refractivity contribution in [3.05, 3.63) is 16.3 Å². The van der Waals surface area contributed by atoms with E-state index in [4.69, 9.17) is 9.97 Å². The molecule has 3 aliphatic rings. The molecule has 4 nitrogen and oxygen atoms in total. The molecule has 0 bridgehead atoms. The molecule has 0 radical (unpaired) electrons. The number of fused-ring (bicyclic) bond motifs is 3. The third kappa shape index (κ3) is 3.58. The molecule has 2 aromatic rings. The summed E-state index contributed by atoms with van der Waals surface area (Å²) in [6.07, 6.45) is 9.49. The number of thiophene rings is 1. The number of hydrogen-bond donors (Lipinski definition) is 0. The third-order valence-corrected chi connectivity index (χ3v) is 8.65. The van der Waals surface area contributed by atoms with Gasteiger partial charge in [-0.05, 0) is 69.8 Å². The summed E-state index contributed by atoms with van der Waals surface area (Å²) in [7, 11) is 0. The molecule has 2 atom stereocenters. The lowest BCUT2D eigenvalue weighted by atomic mass is 9.89. The minimum absolute atomic E-state index is 0.273. The van der Waals surface area contributed by atoms with Crippen molar-refractivity contribution in [2.45, 2.75) is 82.2 Å². The average molecular weight is 416 g/mol. The lowest BCUT2D eigenvalue weighted by molar-refractivity contribution is -0.131. The first-order valence-electron chi connectivity index (χ1n) is 10.8. The predicted octanol–water partition coefficient (Wildman–Crippen LogP) is 5.19. The number of thioether (sulfide) groups is 1. The zero-order valence-electron chi connectivity index (χ0n) is 16.9. The van der Waals surface area contributed by atoms with Crippen LogP contribution < -0.4 is 0 Å². The predicted molar refractivity (Wildman–Crippen MR) is 116 cm³/mol. The second-order valence-electron chi connectivity index (χ2n) is 8.91. The molecular weight excluding hydrogens is 386 g/mol. The molecule has 0 spiro atoms. The number of amides is 1. The molecule has 1 saturated carbocycles. The van der Waals surface area contributed by atoms with Gasteiger partial charge in [0.05, 0.1) is 5.75 Å². The molecule has 2 fully saturated rings. The molecule has 3 heterocycles. The van der Waals surface area contributed by atoms with Crippen molar-refractivity contribution in [2.24, 2.45) is 5.92 Å². The van der Waals surface area contributed by atoms with Crippen LogP contribution in [0.5, 0.6) is 0 Å². The van der Waals surface area contributed by atoms with Gasteiger partial charge in [-0.2, -0.15) is 0 Å². The van der Waals surface area contributed by atoms with Crippen LogP contribution in [-0.4, -0.2) is 39.1 Å². The Labute approximate surface area is 175 Å². The van der Waals surface area contributed by atoms with Crippen LogP contribution in [0.25, 0.3) is 10.2 Å². The van der Waals surface area contributed by atoms with Gasteiger partial charge in [0.15, 0.2) is 0 Å². The van der Waals surface area contributed by atoms with Crippen LogP contribution >= 0.6 is 23.1 Å². The normalized spacial score (nSPS) is 25.1. The average Bonchev–Trinajstić information content (AvgIpc) is 3.47. The first-order valence-corrected chi connectivity index (χ1v) is 12.6. The summed E-state index contributed by atoms with van der Waals surface area (Å²) in [6, 6.07) is 0.379. The van der Waals surface area contributed by atoms with E-state index in [-0.39, 0.29) is 5.91 Å². The first-order chi connectivity index (χ1) is 13.6. The van der Waals surface area contributed by atoms with E-state index in [0.29, 0.717) is 17.7 Å². The highest BCUT2D eigenvalue weighted by molar-refractivity contribution is 8.00. The van der Waals surface area contributed by atoms with Gasteiger partial charge in [-0.25, -0.2) is 9.97 Å². The molecule has 150 valence electrons. The summed E-state index contributed by atoms with van der Waals surface area (Å²) in [5.74, 6) is 3.09. The van der Waals surface area contributed by atoms with Crippen molar-refractivity contribution in [1.29, 1.82) is 0 Å². The topological polar surface area (TPSA) is 46.1 Å². The summed E-state index contributed by atoms with van der Waals surface area (Å²) < 4.78 is 0. The fraction of sp³-hybridized carbons (Fsp3) is 0.682. The number of carbonyl (C=O) groups excluding carboxylic acids is 1. The van der Waals surface area contributed by atoms with Gasteiger partial charge in [-0.15, -0.1) is 11.3 Å². The standard InChI is InChI=1S/C22H29N3OS2/c1-13-6-9-16-17(11-13)28-22-19(16)21(23-20(24-22)15-7-8-15)27-12-18(26)25-10-4-3-5-14(25)2/h13-15H,3-12H2,1-2H3. The van der Waals surface area contributed by atoms with Crippen LogP contribution in [0.1, 0.15) is 74.6 Å². The van der Waals surface area contributed by atoms with E-state index >= 15 is 0 Å². The van der Waals surface area contributed by atoms with Gasteiger partial charge < -0.3 is 4.90 Å². The maximum absolute atomic E-state index is 12.9. The van der Waals surface area contributed by atoms with Crippen molar-refractivity contribution in [3.63, 3.8) is 0 Å². The van der Waals surface area contributed by atoms with Crippen molar-refractivity contribution in [2.75, 3.05) is 12.3 Å². The summed E-state index contributed by atoms with van der Waals surface area (Å²) >= 11 is 3.54. The Hall–Kier alpha value is -1.14. The highest BCUT2D eigenvalue weighted by Crippen LogP contribution is 2.44. The summed E-state index contributed by atoms with van der Waals surface area (Å²) in [5, 5.41) is 2.33. The first kappa shape index (κ1) is 18.9. The van der Waals surface area contributed by atoms with Crippen molar-refractivity contribution in [1.82, 2.24) is 14.9 Å². The van der Waals surface area contributed by atoms with E-state index < -0.39 is 0 Å². The van der Waals surface area contributed by atoms with Crippen LogP contribution in [-0.2, 0) is 17.6 Å². The molecule has 1 amide bonds. The minimum Gasteiger partial charge on any atom is -0.339 e. The molecule has 2 aliphatic carbocycles. The fourth-order valence-corrected chi connectivity index (χ4v) is 7.04. The van der Waals surface area contributed by atoms with E-state index in [1.165, 1.54) is 47.9 Å². The smallest absolute Gasteiger partial charge is 0.233 e. The molecule has 2 unspecified atom stereocenters. The lowest BCUT2D eigenvalue weighted by Crippen LogP contribution is -2.42. The molecule has 2 aromatic heterocycles. The Morgan fingerprint density at radius 3 is 2.82 bits per heavy atom. The van der Waals surface area contributed by atoms with E-state index in [1.54, 1.807) is 11.8 Å². The quantitative estimate of drug-likeness (QED) is 0.509. The number of rotatable bonds is 4. The summed E-state index contributed by atoms with van der Waals surface area (Å²) in [6.45, 7) is 5.45. The molecule has 28 heavy (non-hydrogen) atoms. The SMILES string of the molecule is CC1CCc2c(sc3nc(C4CC4)nc(SCC(=O)N4CCCCC4C)c23)C1. The lowest BCUT2D eigenvalue weighted by Gasteiger charge is -2.33. The zero-order chi connectivity index (χ0) is 19.3. The van der Waals surface area contributed by atoms with Crippen LogP contribution in [0, 0.1) is 5.92 Å². The van der Waals surface area contributed by atoms with Crippen molar-refractivity contribution < 1.29 is 4.79 Å². The Morgan fingerprint density at radius 1 is 1.18 bits per heavy atom. The maximum Gasteiger partial charge on any atom is 0.233 e. The van der Waals surface area contributed by atoms with Gasteiger partial charge >= 0.3 is 0 Å². The minimum atomic E-state index is 0.273. The van der Waals surface area contributed by atoms with Gasteiger partial charge in [-0.3, -0.25) is 4.79 Å². The van der Waals surface area contributed by atoms with Crippen molar-refractivity contribution in [3.8, 4) is 0 Å². The van der Waals surface area contributed by atoms with Crippen LogP contribution in [0.2, 0.25) is 0 Å². The van der Waals surface area contributed by atoms with Gasteiger partial charge in [0, 0.05) is 28.8 Å². The number of carbonyl (C=O) groups is 1. The second kappa shape index (κ2) is 7.60. The number of likely N-dealkylation sites (tertiary alicyclic amines) is 1. The molecular formula is C22H29N3OS2. The number of aromatic nitrogens is 2. The number of piperidine rings is 1. The summed E-state index contributed by atoms with van der Waals surface area (Å²) in [4.78, 5) is 27.6. The second-order valence-corrected chi connectivity index (χ2v) is 11.0. The number of aryl methyl sites for hydroxylation is 1. The highest BCUT2D eigenvalue weighted by atomic mass is 32.2. The molecule has 0 aromatic carbocycles. The molecule has 1 aliphatic heterocycles. The van der Waals surface area contributed by atoms with E-state index in [9.17, 15) is 4.79 Å². The molecule has 5 rings (SSSR count). The van der Waals surface area contributed by atoms with Gasteiger partial charge in [0.2, 0.25) is 5.91 Å². The van der Waals surface area contributed by atoms with Gasteiger partial charge in [0.1, 0.15) is 15.7 Å². The molecule has 1 saturated heterocycles. The summed E-state index contributed by atoms with van der Waals surface area (Å²) in [5.41, 5.74) is 1.47. The monoisotopic (exact) mass is 415 g/mol. The van der Waals surface area contributed by atoms with Crippen LogP contribution in [0.3, 0.4) is 0 Å².